The summed E-state index contributed by atoms with van der Waals surface area (Å²) in [5, 5.41) is 0. The fraction of sp³-hybridized carbons (Fsp3) is 0.938. The fourth-order valence-corrected chi connectivity index (χ4v) is 2.01. The average molecular weight is 256 g/mol. The van der Waals surface area contributed by atoms with Crippen LogP contribution in [0.15, 0.2) is 0 Å². The third kappa shape index (κ3) is 9.49. The van der Waals surface area contributed by atoms with Gasteiger partial charge in [-0.25, -0.2) is 0 Å². The maximum absolute atomic E-state index is 11.2. The first-order valence-corrected chi connectivity index (χ1v) is 7.66. The van der Waals surface area contributed by atoms with Crippen molar-refractivity contribution in [2.45, 2.75) is 85.7 Å². The Labute approximate surface area is 113 Å². The lowest BCUT2D eigenvalue weighted by atomic mass is 9.97. The van der Waals surface area contributed by atoms with E-state index in [1.54, 1.807) is 0 Å². The Balaban J connectivity index is 3.51. The molecule has 0 unspecified atom stereocenters. The highest BCUT2D eigenvalue weighted by Gasteiger charge is 2.15. The summed E-state index contributed by atoms with van der Waals surface area (Å²) in [7, 11) is 0. The van der Waals surface area contributed by atoms with Crippen molar-refractivity contribution in [3.8, 4) is 0 Å². The van der Waals surface area contributed by atoms with Gasteiger partial charge in [0.25, 0.3) is 0 Å². The maximum atomic E-state index is 11.2. The van der Waals surface area contributed by atoms with Crippen LogP contribution in [0.4, 0.5) is 0 Å². The Morgan fingerprint density at radius 1 is 0.944 bits per heavy atom. The third-order valence-corrected chi connectivity index (χ3v) is 3.60. The largest absolute Gasteiger partial charge is 0.462 e. The molecule has 0 amide bonds. The number of rotatable bonds is 10. The van der Waals surface area contributed by atoms with Gasteiger partial charge in [-0.1, -0.05) is 59.8 Å². The highest BCUT2D eigenvalue weighted by Crippen LogP contribution is 2.17. The molecule has 0 radical (unpaired) electrons. The van der Waals surface area contributed by atoms with Gasteiger partial charge >= 0.3 is 5.97 Å². The van der Waals surface area contributed by atoms with E-state index in [0.29, 0.717) is 12.3 Å². The van der Waals surface area contributed by atoms with E-state index in [2.05, 4.69) is 20.8 Å². The minimum Gasteiger partial charge on any atom is -0.462 e. The molecule has 0 aromatic heterocycles. The third-order valence-electron chi connectivity index (χ3n) is 3.60. The first-order chi connectivity index (χ1) is 8.47. The summed E-state index contributed by atoms with van der Waals surface area (Å²) in [4.78, 5) is 11.2. The van der Waals surface area contributed by atoms with Crippen LogP contribution in [0, 0.1) is 11.8 Å². The van der Waals surface area contributed by atoms with Crippen molar-refractivity contribution in [3.63, 3.8) is 0 Å². The molecule has 0 saturated carbocycles. The van der Waals surface area contributed by atoms with Gasteiger partial charge in [0.2, 0.25) is 0 Å². The Morgan fingerprint density at radius 3 is 2.00 bits per heavy atom. The van der Waals surface area contributed by atoms with E-state index in [1.807, 2.05) is 13.8 Å². The van der Waals surface area contributed by atoms with Crippen molar-refractivity contribution < 1.29 is 9.53 Å². The molecule has 0 fully saturated rings. The van der Waals surface area contributed by atoms with Crippen LogP contribution in [-0.2, 0) is 9.53 Å². The molecule has 2 nitrogen and oxygen atoms in total. The first-order valence-electron chi connectivity index (χ1n) is 7.66. The van der Waals surface area contributed by atoms with E-state index in [1.165, 1.54) is 38.5 Å². The number of esters is 1. The standard InChI is InChI=1S/C16H32O2/c1-6-16(17)18-15(5)14(4)12-10-8-7-9-11-13(2)3/h13-15H,6-12H2,1-5H3/t14-,15-/m0/s1. The molecule has 0 rings (SSSR count). The summed E-state index contributed by atoms with van der Waals surface area (Å²) < 4.78 is 5.33. The molecule has 0 aliphatic carbocycles. The van der Waals surface area contributed by atoms with E-state index in [4.69, 9.17) is 4.74 Å². The van der Waals surface area contributed by atoms with Crippen LogP contribution < -0.4 is 0 Å². The number of carbonyl (C=O) groups is 1. The van der Waals surface area contributed by atoms with Gasteiger partial charge in [0.15, 0.2) is 0 Å². The van der Waals surface area contributed by atoms with E-state index < -0.39 is 0 Å². The van der Waals surface area contributed by atoms with Crippen LogP contribution in [0.3, 0.4) is 0 Å². The predicted octanol–water partition coefficient (Wildman–Crippen LogP) is 4.96. The van der Waals surface area contributed by atoms with Crippen molar-refractivity contribution in [2.75, 3.05) is 0 Å². The lowest BCUT2D eigenvalue weighted by molar-refractivity contribution is -0.150. The van der Waals surface area contributed by atoms with Crippen LogP contribution in [0.25, 0.3) is 0 Å². The monoisotopic (exact) mass is 256 g/mol. The molecule has 0 aliphatic heterocycles. The summed E-state index contributed by atoms with van der Waals surface area (Å²) >= 11 is 0. The summed E-state index contributed by atoms with van der Waals surface area (Å²) in [6.45, 7) is 10.6. The maximum Gasteiger partial charge on any atom is 0.305 e. The van der Waals surface area contributed by atoms with E-state index >= 15 is 0 Å². The SMILES string of the molecule is CCC(=O)O[C@@H](C)[C@@H](C)CCCCCCC(C)C. The molecule has 2 heteroatoms. The molecule has 18 heavy (non-hydrogen) atoms. The van der Waals surface area contributed by atoms with Crippen LogP contribution in [0.1, 0.15) is 79.6 Å². The number of hydrogen-bond donors (Lipinski definition) is 0. The zero-order valence-electron chi connectivity index (χ0n) is 13.0. The number of hydrogen-bond acceptors (Lipinski definition) is 2. The molecule has 0 spiro atoms. The highest BCUT2D eigenvalue weighted by molar-refractivity contribution is 5.69. The second kappa shape index (κ2) is 10.4. The van der Waals surface area contributed by atoms with Gasteiger partial charge in [0, 0.05) is 6.42 Å². The lowest BCUT2D eigenvalue weighted by Crippen LogP contribution is -2.21. The van der Waals surface area contributed by atoms with Gasteiger partial charge in [-0.05, 0) is 25.2 Å². The molecule has 0 aliphatic rings. The minimum absolute atomic E-state index is 0.0631. The molecular weight excluding hydrogens is 224 g/mol. The molecule has 2 atom stereocenters. The Morgan fingerprint density at radius 2 is 1.50 bits per heavy atom. The minimum atomic E-state index is -0.0775. The van der Waals surface area contributed by atoms with Gasteiger partial charge in [0.05, 0.1) is 0 Å². The Bertz CT molecular complexity index is 211. The van der Waals surface area contributed by atoms with Gasteiger partial charge in [0.1, 0.15) is 6.10 Å². The van der Waals surface area contributed by atoms with E-state index in [9.17, 15) is 4.79 Å². The van der Waals surface area contributed by atoms with Crippen LogP contribution in [-0.4, -0.2) is 12.1 Å². The fourth-order valence-electron chi connectivity index (χ4n) is 2.01. The zero-order chi connectivity index (χ0) is 14.0. The first kappa shape index (κ1) is 17.5. The van der Waals surface area contributed by atoms with Crippen LogP contribution in [0.2, 0.25) is 0 Å². The molecule has 0 heterocycles. The Kier molecular flexibility index (Phi) is 10.1. The van der Waals surface area contributed by atoms with Crippen molar-refractivity contribution in [1.82, 2.24) is 0 Å². The lowest BCUT2D eigenvalue weighted by Gasteiger charge is -2.20. The topological polar surface area (TPSA) is 26.3 Å². The van der Waals surface area contributed by atoms with Crippen molar-refractivity contribution in [3.05, 3.63) is 0 Å². The molecule has 0 N–H and O–H groups in total. The number of ether oxygens (including phenoxy) is 1. The van der Waals surface area contributed by atoms with Gasteiger partial charge in [-0.3, -0.25) is 4.79 Å². The summed E-state index contributed by atoms with van der Waals surface area (Å²) in [5.74, 6) is 1.23. The normalized spacial score (nSPS) is 14.6. The summed E-state index contributed by atoms with van der Waals surface area (Å²) in [5.41, 5.74) is 0. The summed E-state index contributed by atoms with van der Waals surface area (Å²) in [6.07, 6.45) is 8.32. The molecule has 108 valence electrons. The summed E-state index contributed by atoms with van der Waals surface area (Å²) in [6, 6.07) is 0. The number of carbonyl (C=O) groups excluding carboxylic acids is 1. The molecule has 0 aromatic carbocycles. The van der Waals surface area contributed by atoms with Gasteiger partial charge in [-0.15, -0.1) is 0 Å². The molecule has 0 saturated heterocycles. The second-order valence-corrected chi connectivity index (χ2v) is 5.91. The van der Waals surface area contributed by atoms with Crippen molar-refractivity contribution in [1.29, 1.82) is 0 Å². The smallest absolute Gasteiger partial charge is 0.305 e. The van der Waals surface area contributed by atoms with Crippen LogP contribution in [0.5, 0.6) is 0 Å². The highest BCUT2D eigenvalue weighted by atomic mass is 16.5. The molecule has 0 aromatic rings. The Hall–Kier alpha value is -0.530. The average Bonchev–Trinajstić information content (AvgIpc) is 2.32. The van der Waals surface area contributed by atoms with Gasteiger partial charge in [-0.2, -0.15) is 0 Å². The van der Waals surface area contributed by atoms with Crippen molar-refractivity contribution >= 4 is 5.97 Å². The number of unbranched alkanes of at least 4 members (excludes halogenated alkanes) is 3. The zero-order valence-corrected chi connectivity index (χ0v) is 13.0. The van der Waals surface area contributed by atoms with E-state index in [0.717, 1.165) is 5.92 Å². The molecule has 0 bridgehead atoms. The quantitative estimate of drug-likeness (QED) is 0.408. The van der Waals surface area contributed by atoms with Gasteiger partial charge < -0.3 is 4.74 Å². The van der Waals surface area contributed by atoms with E-state index in [-0.39, 0.29) is 12.1 Å². The second-order valence-electron chi connectivity index (χ2n) is 5.91. The van der Waals surface area contributed by atoms with Crippen molar-refractivity contribution in [2.24, 2.45) is 11.8 Å². The predicted molar refractivity (Wildman–Crippen MR) is 77.5 cm³/mol. The van der Waals surface area contributed by atoms with Crippen LogP contribution >= 0.6 is 0 Å². The molecular formula is C16H32O2.